The van der Waals surface area contributed by atoms with E-state index >= 15 is 0 Å². The number of ether oxygens (including phenoxy) is 3. The van der Waals surface area contributed by atoms with Crippen LogP contribution in [0.5, 0.6) is 0 Å². The Morgan fingerprint density at radius 1 is 1.35 bits per heavy atom. The van der Waals surface area contributed by atoms with Gasteiger partial charge in [0.05, 0.1) is 25.4 Å². The molecule has 0 radical (unpaired) electrons. The molecule has 1 saturated heterocycles. The van der Waals surface area contributed by atoms with E-state index in [1.165, 1.54) is 0 Å². The number of carbonyl (C=O) groups is 1. The largest absolute Gasteiger partial charge is 0.444 e. The number of aliphatic hydroxyl groups excluding tert-OH is 1. The summed E-state index contributed by atoms with van der Waals surface area (Å²) >= 11 is 0. The van der Waals surface area contributed by atoms with Crippen molar-refractivity contribution in [3.05, 3.63) is 35.9 Å². The molecule has 1 unspecified atom stereocenters. The molecule has 1 aromatic carbocycles. The Morgan fingerprint density at radius 2 is 2.04 bits per heavy atom. The van der Waals surface area contributed by atoms with Crippen LogP contribution in [0.4, 0.5) is 4.79 Å². The van der Waals surface area contributed by atoms with E-state index in [1.807, 2.05) is 30.3 Å². The van der Waals surface area contributed by atoms with Gasteiger partial charge in [0.25, 0.3) is 0 Å². The predicted octanol–water partition coefficient (Wildman–Crippen LogP) is 2.20. The van der Waals surface area contributed by atoms with Gasteiger partial charge in [0.2, 0.25) is 0 Å². The summed E-state index contributed by atoms with van der Waals surface area (Å²) in [7, 11) is 0. The van der Waals surface area contributed by atoms with Crippen LogP contribution >= 0.6 is 0 Å². The van der Waals surface area contributed by atoms with E-state index in [1.54, 1.807) is 20.8 Å². The molecule has 1 amide bonds. The van der Waals surface area contributed by atoms with Gasteiger partial charge in [-0.15, -0.1) is 0 Å². The maximum Gasteiger partial charge on any atom is 0.408 e. The Hall–Kier alpha value is -1.63. The van der Waals surface area contributed by atoms with Gasteiger partial charge in [-0.25, -0.2) is 4.79 Å². The highest BCUT2D eigenvalue weighted by Gasteiger charge is 2.33. The number of aliphatic hydroxyl groups is 1. The third-order valence-electron chi connectivity index (χ3n) is 3.36. The van der Waals surface area contributed by atoms with Gasteiger partial charge in [-0.05, 0) is 26.3 Å². The first-order chi connectivity index (χ1) is 10.8. The highest BCUT2D eigenvalue weighted by atomic mass is 16.6. The maximum absolute atomic E-state index is 11.9. The molecule has 1 aromatic rings. The summed E-state index contributed by atoms with van der Waals surface area (Å²) in [6.45, 7) is 6.00. The van der Waals surface area contributed by atoms with E-state index in [-0.39, 0.29) is 18.8 Å². The fourth-order valence-electron chi connectivity index (χ4n) is 2.31. The molecular weight excluding hydrogens is 298 g/mol. The molecule has 23 heavy (non-hydrogen) atoms. The smallest absolute Gasteiger partial charge is 0.408 e. The molecule has 6 heteroatoms. The minimum atomic E-state index is -0.882. The second-order valence-electron chi connectivity index (χ2n) is 6.61. The predicted molar refractivity (Wildman–Crippen MR) is 84.8 cm³/mol. The van der Waals surface area contributed by atoms with Crippen LogP contribution in [0, 0.1) is 0 Å². The second kappa shape index (κ2) is 7.77. The van der Waals surface area contributed by atoms with Crippen LogP contribution in [0.15, 0.2) is 30.3 Å². The molecule has 128 valence electrons. The molecular formula is C17H25NO5. The van der Waals surface area contributed by atoms with Crippen LogP contribution in [0.25, 0.3) is 0 Å². The van der Waals surface area contributed by atoms with Gasteiger partial charge in [0.1, 0.15) is 5.60 Å². The molecule has 1 aliphatic heterocycles. The monoisotopic (exact) mass is 323 g/mol. The highest BCUT2D eigenvalue weighted by Crippen LogP contribution is 2.18. The van der Waals surface area contributed by atoms with Crippen LogP contribution in [0.1, 0.15) is 32.8 Å². The zero-order valence-corrected chi connectivity index (χ0v) is 13.8. The van der Waals surface area contributed by atoms with Crippen molar-refractivity contribution in [2.45, 2.75) is 57.8 Å². The summed E-state index contributed by atoms with van der Waals surface area (Å²) in [6.07, 6.45) is -1.44. The Kier molecular flexibility index (Phi) is 5.98. The highest BCUT2D eigenvalue weighted by molar-refractivity contribution is 5.68. The quantitative estimate of drug-likeness (QED) is 0.888. The maximum atomic E-state index is 11.9. The minimum Gasteiger partial charge on any atom is -0.444 e. The molecule has 0 aliphatic carbocycles. The van der Waals surface area contributed by atoms with Gasteiger partial charge in [-0.2, -0.15) is 0 Å². The second-order valence-corrected chi connectivity index (χ2v) is 6.61. The number of amides is 1. The Morgan fingerprint density at radius 3 is 2.70 bits per heavy atom. The molecule has 3 atom stereocenters. The van der Waals surface area contributed by atoms with E-state index in [4.69, 9.17) is 14.2 Å². The molecule has 0 spiro atoms. The van der Waals surface area contributed by atoms with Crippen LogP contribution in [0.3, 0.4) is 0 Å². The lowest BCUT2D eigenvalue weighted by Crippen LogP contribution is -2.53. The van der Waals surface area contributed by atoms with Gasteiger partial charge in [-0.1, -0.05) is 30.3 Å². The van der Waals surface area contributed by atoms with Crippen molar-refractivity contribution in [3.8, 4) is 0 Å². The van der Waals surface area contributed by atoms with E-state index in [0.29, 0.717) is 13.0 Å². The molecule has 1 heterocycles. The molecule has 1 aliphatic rings. The minimum absolute atomic E-state index is 0.180. The Bertz CT molecular complexity index is 499. The summed E-state index contributed by atoms with van der Waals surface area (Å²) in [5.41, 5.74) is 0.462. The third-order valence-corrected chi connectivity index (χ3v) is 3.36. The summed E-state index contributed by atoms with van der Waals surface area (Å²) in [5, 5.41) is 12.4. The number of benzene rings is 1. The van der Waals surface area contributed by atoms with Gasteiger partial charge >= 0.3 is 6.09 Å². The molecule has 6 nitrogen and oxygen atoms in total. The zero-order chi connectivity index (χ0) is 16.9. The van der Waals surface area contributed by atoms with Crippen molar-refractivity contribution >= 4 is 6.09 Å². The summed E-state index contributed by atoms with van der Waals surface area (Å²) in [5.74, 6) is 0. The lowest BCUT2D eigenvalue weighted by Gasteiger charge is -2.34. The van der Waals surface area contributed by atoms with E-state index in [9.17, 15) is 9.90 Å². The van der Waals surface area contributed by atoms with Crippen molar-refractivity contribution in [2.75, 3.05) is 6.61 Å². The van der Waals surface area contributed by atoms with Gasteiger partial charge in [0, 0.05) is 6.42 Å². The normalized spacial score (nSPS) is 25.0. The standard InChI is InChI=1S/C17H25NO5/c1-17(2,3)23-16(20)18-13-11-22-15(19)9-14(13)21-10-12-7-5-4-6-8-12/h4-8,13-15,19H,9-11H2,1-3H3,(H,18,20)/t13-,14-,15?/m0/s1. The summed E-state index contributed by atoms with van der Waals surface area (Å²) < 4.78 is 16.3. The van der Waals surface area contributed by atoms with Gasteiger partial charge in [-0.3, -0.25) is 0 Å². The first-order valence-corrected chi connectivity index (χ1v) is 7.78. The fourth-order valence-corrected chi connectivity index (χ4v) is 2.31. The lowest BCUT2D eigenvalue weighted by molar-refractivity contribution is -0.177. The van der Waals surface area contributed by atoms with Crippen molar-refractivity contribution in [3.63, 3.8) is 0 Å². The number of carbonyl (C=O) groups excluding carboxylic acids is 1. The third kappa shape index (κ3) is 6.17. The molecule has 2 N–H and O–H groups in total. The van der Waals surface area contributed by atoms with Crippen molar-refractivity contribution in [1.82, 2.24) is 5.32 Å². The summed E-state index contributed by atoms with van der Waals surface area (Å²) in [6, 6.07) is 9.38. The summed E-state index contributed by atoms with van der Waals surface area (Å²) in [4.78, 5) is 11.9. The topological polar surface area (TPSA) is 77.0 Å². The average Bonchev–Trinajstić information content (AvgIpc) is 2.46. The van der Waals surface area contributed by atoms with Crippen LogP contribution in [-0.2, 0) is 20.8 Å². The number of alkyl carbamates (subject to hydrolysis) is 1. The SMILES string of the molecule is CC(C)(C)OC(=O)N[C@H]1COC(O)C[C@@H]1OCc1ccccc1. The Labute approximate surface area is 136 Å². The molecule has 0 saturated carbocycles. The zero-order valence-electron chi connectivity index (χ0n) is 13.8. The molecule has 0 aromatic heterocycles. The lowest BCUT2D eigenvalue weighted by atomic mass is 10.1. The van der Waals surface area contributed by atoms with Crippen molar-refractivity contribution in [1.29, 1.82) is 0 Å². The van der Waals surface area contributed by atoms with E-state index in [0.717, 1.165) is 5.56 Å². The van der Waals surface area contributed by atoms with Crippen molar-refractivity contribution in [2.24, 2.45) is 0 Å². The molecule has 2 rings (SSSR count). The first kappa shape index (κ1) is 17.7. The van der Waals surface area contributed by atoms with Crippen LogP contribution < -0.4 is 5.32 Å². The number of nitrogens with one attached hydrogen (secondary N) is 1. The van der Waals surface area contributed by atoms with Gasteiger partial charge in [0.15, 0.2) is 6.29 Å². The van der Waals surface area contributed by atoms with Crippen LogP contribution in [0.2, 0.25) is 0 Å². The fraction of sp³-hybridized carbons (Fsp3) is 0.588. The van der Waals surface area contributed by atoms with Crippen LogP contribution in [-0.4, -0.2) is 41.8 Å². The number of rotatable bonds is 4. The van der Waals surface area contributed by atoms with E-state index in [2.05, 4.69) is 5.32 Å². The Balaban J connectivity index is 1.91. The van der Waals surface area contributed by atoms with Gasteiger partial charge < -0.3 is 24.6 Å². The molecule has 0 bridgehead atoms. The van der Waals surface area contributed by atoms with E-state index < -0.39 is 18.0 Å². The number of hydrogen-bond donors (Lipinski definition) is 2. The molecule has 1 fully saturated rings. The first-order valence-electron chi connectivity index (χ1n) is 7.78. The average molecular weight is 323 g/mol. The number of hydrogen-bond acceptors (Lipinski definition) is 5. The van der Waals surface area contributed by atoms with Crippen molar-refractivity contribution < 1.29 is 24.1 Å².